The fourth-order valence-electron chi connectivity index (χ4n) is 4.59. The van der Waals surface area contributed by atoms with E-state index in [1.54, 1.807) is 0 Å². The second-order valence-electron chi connectivity index (χ2n) is 9.08. The van der Waals surface area contributed by atoms with Crippen LogP contribution in [0.2, 0.25) is 0 Å². The molecule has 0 fully saturated rings. The van der Waals surface area contributed by atoms with Crippen LogP contribution in [0.5, 0.6) is 11.5 Å². The van der Waals surface area contributed by atoms with Crippen LogP contribution >= 0.6 is 0 Å². The van der Waals surface area contributed by atoms with Gasteiger partial charge in [-0.1, -0.05) is 48.5 Å². The highest BCUT2D eigenvalue weighted by Gasteiger charge is 2.09. The van der Waals surface area contributed by atoms with Gasteiger partial charge in [-0.05, 0) is 84.6 Å². The van der Waals surface area contributed by atoms with Gasteiger partial charge in [-0.15, -0.1) is 0 Å². The highest BCUT2D eigenvalue weighted by molar-refractivity contribution is 5.85. The van der Waals surface area contributed by atoms with E-state index >= 15 is 0 Å². The van der Waals surface area contributed by atoms with Gasteiger partial charge in [0, 0.05) is 24.2 Å². The first-order chi connectivity index (χ1) is 16.9. The molecule has 2 N–H and O–H groups in total. The molecule has 1 aliphatic heterocycles. The minimum atomic E-state index is 0.695. The van der Waals surface area contributed by atoms with Crippen LogP contribution in [0.4, 0.5) is 0 Å². The molecular weight excluding hydrogens is 420 g/mol. The van der Waals surface area contributed by atoms with Gasteiger partial charge in [-0.3, -0.25) is 0 Å². The molecule has 4 aromatic rings. The van der Waals surface area contributed by atoms with Crippen molar-refractivity contribution in [3.8, 4) is 11.5 Å². The van der Waals surface area contributed by atoms with Gasteiger partial charge in [0.2, 0.25) is 0 Å². The van der Waals surface area contributed by atoms with Gasteiger partial charge in [0.1, 0.15) is 11.5 Å². The van der Waals surface area contributed by atoms with Crippen molar-refractivity contribution < 1.29 is 9.47 Å². The number of benzene rings is 4. The third-order valence-corrected chi connectivity index (χ3v) is 6.50. The number of rotatable bonds is 0. The van der Waals surface area contributed by atoms with E-state index in [0.29, 0.717) is 13.2 Å². The Kier molecular flexibility index (Phi) is 7.59. The minimum Gasteiger partial charge on any atom is -0.493 e. The van der Waals surface area contributed by atoms with E-state index in [2.05, 4.69) is 83.4 Å². The Hall–Kier alpha value is -3.08. The van der Waals surface area contributed by atoms with Crippen molar-refractivity contribution in [3.63, 3.8) is 0 Å². The molecular formula is C30H34N2O2. The fraction of sp³-hybridized carbons (Fsp3) is 0.333. The van der Waals surface area contributed by atoms with Gasteiger partial charge in [0.25, 0.3) is 0 Å². The topological polar surface area (TPSA) is 42.5 Å². The maximum absolute atomic E-state index is 6.26. The summed E-state index contributed by atoms with van der Waals surface area (Å²) in [6, 6.07) is 25.9. The van der Waals surface area contributed by atoms with Gasteiger partial charge in [0.05, 0.1) is 13.2 Å². The van der Waals surface area contributed by atoms with Crippen molar-refractivity contribution in [1.82, 2.24) is 10.6 Å². The zero-order valence-electron chi connectivity index (χ0n) is 19.8. The summed E-state index contributed by atoms with van der Waals surface area (Å²) in [7, 11) is 0. The van der Waals surface area contributed by atoms with Crippen LogP contribution in [0, 0.1) is 0 Å². The minimum absolute atomic E-state index is 0.695. The lowest BCUT2D eigenvalue weighted by Gasteiger charge is -2.16. The van der Waals surface area contributed by atoms with Crippen LogP contribution in [0.15, 0.2) is 72.8 Å². The molecule has 0 aliphatic carbocycles. The average molecular weight is 455 g/mol. The molecule has 4 heteroatoms. The normalized spacial score (nSPS) is 16.5. The Morgan fingerprint density at radius 2 is 0.912 bits per heavy atom. The van der Waals surface area contributed by atoms with E-state index in [9.17, 15) is 0 Å². The average Bonchev–Trinajstić information content (AvgIpc) is 2.87. The molecule has 34 heavy (non-hydrogen) atoms. The van der Waals surface area contributed by atoms with Crippen LogP contribution in [0.3, 0.4) is 0 Å². The van der Waals surface area contributed by atoms with Crippen molar-refractivity contribution in [2.45, 2.75) is 38.8 Å². The summed E-state index contributed by atoms with van der Waals surface area (Å²) in [4.78, 5) is 0. The maximum atomic E-state index is 6.26. The molecule has 5 rings (SSSR count). The van der Waals surface area contributed by atoms with E-state index in [1.165, 1.54) is 32.7 Å². The van der Waals surface area contributed by atoms with Gasteiger partial charge >= 0.3 is 0 Å². The van der Waals surface area contributed by atoms with Crippen LogP contribution in [0.25, 0.3) is 21.5 Å². The summed E-state index contributed by atoms with van der Waals surface area (Å²) in [5, 5.41) is 12.2. The Balaban J connectivity index is 1.29. The first-order valence-electron chi connectivity index (χ1n) is 12.6. The summed E-state index contributed by atoms with van der Waals surface area (Å²) in [5.74, 6) is 1.98. The van der Waals surface area contributed by atoms with Crippen molar-refractivity contribution in [3.05, 3.63) is 83.9 Å². The second kappa shape index (κ2) is 11.4. The highest BCUT2D eigenvalue weighted by atomic mass is 16.5. The Labute approximate surface area is 202 Å². The lowest BCUT2D eigenvalue weighted by molar-refractivity contribution is 0.263. The molecule has 0 unspecified atom stereocenters. The lowest BCUT2D eigenvalue weighted by Crippen LogP contribution is -2.19. The van der Waals surface area contributed by atoms with E-state index in [4.69, 9.17) is 9.47 Å². The number of nitrogens with one attached hydrogen (secondary N) is 2. The molecule has 0 atom stereocenters. The summed E-state index contributed by atoms with van der Waals surface area (Å²) in [5.41, 5.74) is 2.46. The van der Waals surface area contributed by atoms with Gasteiger partial charge in [-0.2, -0.15) is 0 Å². The van der Waals surface area contributed by atoms with E-state index in [0.717, 1.165) is 63.4 Å². The number of hydrogen-bond donors (Lipinski definition) is 2. The quantitative estimate of drug-likeness (QED) is 0.332. The van der Waals surface area contributed by atoms with Gasteiger partial charge < -0.3 is 20.1 Å². The molecule has 4 aromatic carbocycles. The SMILES string of the molecule is c1ccc2cc3c(cc2c1)CNCCCCNCc1cc2ccccc2cc1OCCCCO3. The fourth-order valence-corrected chi connectivity index (χ4v) is 4.59. The summed E-state index contributed by atoms with van der Waals surface area (Å²) < 4.78 is 12.5. The molecule has 0 aromatic heterocycles. The molecule has 0 spiro atoms. The molecule has 0 bridgehead atoms. The van der Waals surface area contributed by atoms with Crippen LogP contribution < -0.4 is 20.1 Å². The Morgan fingerprint density at radius 3 is 1.35 bits per heavy atom. The van der Waals surface area contributed by atoms with E-state index < -0.39 is 0 Å². The van der Waals surface area contributed by atoms with E-state index in [-0.39, 0.29) is 0 Å². The van der Waals surface area contributed by atoms with Crippen molar-refractivity contribution in [2.75, 3.05) is 26.3 Å². The molecule has 176 valence electrons. The summed E-state index contributed by atoms with van der Waals surface area (Å²) in [6.45, 7) is 5.05. The zero-order valence-corrected chi connectivity index (χ0v) is 19.8. The standard InChI is InChI=1S/C30H34N2O2/c1-3-11-25-19-29-27(17-23(25)9-1)21-31-13-5-6-14-32-22-28-18-24-10-2-4-12-26(24)20-30(28)34-16-8-7-15-33-29/h1-4,9-12,17-20,31-32H,5-8,13-16,21-22H2. The number of fused-ring (bicyclic) bond motifs is 4. The number of hydrogen-bond acceptors (Lipinski definition) is 4. The van der Waals surface area contributed by atoms with Crippen LogP contribution in [0.1, 0.15) is 36.8 Å². The predicted octanol–water partition coefficient (Wildman–Crippen LogP) is 6.20. The Bertz CT molecular complexity index is 1140. The first kappa shape index (κ1) is 22.7. The molecule has 4 nitrogen and oxygen atoms in total. The van der Waals surface area contributed by atoms with Crippen molar-refractivity contribution in [2.24, 2.45) is 0 Å². The lowest BCUT2D eigenvalue weighted by atomic mass is 10.1. The number of ether oxygens (including phenoxy) is 2. The zero-order chi connectivity index (χ0) is 23.0. The second-order valence-corrected chi connectivity index (χ2v) is 9.08. The monoisotopic (exact) mass is 454 g/mol. The van der Waals surface area contributed by atoms with Crippen molar-refractivity contribution >= 4 is 21.5 Å². The smallest absolute Gasteiger partial charge is 0.124 e. The summed E-state index contributed by atoms with van der Waals surface area (Å²) in [6.07, 6.45) is 4.19. The van der Waals surface area contributed by atoms with Crippen LogP contribution in [-0.4, -0.2) is 26.3 Å². The molecule has 0 saturated carbocycles. The summed E-state index contributed by atoms with van der Waals surface area (Å²) >= 11 is 0. The van der Waals surface area contributed by atoms with Gasteiger partial charge in [-0.25, -0.2) is 0 Å². The van der Waals surface area contributed by atoms with Crippen LogP contribution in [-0.2, 0) is 13.1 Å². The maximum Gasteiger partial charge on any atom is 0.124 e. The van der Waals surface area contributed by atoms with E-state index in [1.807, 2.05) is 0 Å². The van der Waals surface area contributed by atoms with Gasteiger partial charge in [0.15, 0.2) is 0 Å². The predicted molar refractivity (Wildman–Crippen MR) is 141 cm³/mol. The third kappa shape index (κ3) is 5.69. The molecule has 1 aliphatic rings. The molecule has 1 heterocycles. The molecule has 0 saturated heterocycles. The highest BCUT2D eigenvalue weighted by Crippen LogP contribution is 2.28. The Morgan fingerprint density at radius 1 is 0.500 bits per heavy atom. The largest absolute Gasteiger partial charge is 0.493 e. The third-order valence-electron chi connectivity index (χ3n) is 6.50. The molecule has 0 amide bonds. The molecule has 0 radical (unpaired) electrons. The first-order valence-corrected chi connectivity index (χ1v) is 12.6. The van der Waals surface area contributed by atoms with Crippen molar-refractivity contribution in [1.29, 1.82) is 0 Å².